The lowest BCUT2D eigenvalue weighted by Crippen LogP contribution is -2.44. The van der Waals surface area contributed by atoms with Crippen molar-refractivity contribution in [3.8, 4) is 28.5 Å². The fourth-order valence-electron chi connectivity index (χ4n) is 5.93. The first-order valence-corrected chi connectivity index (χ1v) is 16.4. The molecule has 2 fully saturated rings. The van der Waals surface area contributed by atoms with E-state index in [1.165, 1.54) is 11.3 Å². The van der Waals surface area contributed by atoms with E-state index in [0.717, 1.165) is 61.1 Å². The minimum atomic E-state index is -0.652. The fourth-order valence-corrected chi connectivity index (χ4v) is 6.52. The number of phenols is 1. The molecule has 2 aromatic heterocycles. The lowest BCUT2D eigenvalue weighted by molar-refractivity contribution is 0.0888. The maximum atomic E-state index is 14.3. The van der Waals surface area contributed by atoms with Crippen molar-refractivity contribution in [3.63, 3.8) is 0 Å². The first-order valence-electron chi connectivity index (χ1n) is 15.5. The summed E-state index contributed by atoms with van der Waals surface area (Å²) >= 11 is 1.43. The van der Waals surface area contributed by atoms with Crippen LogP contribution in [0.25, 0.3) is 11.1 Å². The molecule has 3 heterocycles. The number of nitrogens with zero attached hydrogens (tertiary/aromatic N) is 3. The molecule has 1 saturated heterocycles. The van der Waals surface area contributed by atoms with Crippen molar-refractivity contribution >= 4 is 23.2 Å². The summed E-state index contributed by atoms with van der Waals surface area (Å²) in [6, 6.07) is 13.8. The predicted octanol–water partition coefficient (Wildman–Crippen LogP) is 5.03. The fraction of sp³-hybridized carbons (Fsp3) is 0.353. The maximum absolute atomic E-state index is 14.3. The van der Waals surface area contributed by atoms with Crippen LogP contribution in [0.2, 0.25) is 0 Å². The zero-order valence-corrected chi connectivity index (χ0v) is 26.4. The van der Waals surface area contributed by atoms with E-state index < -0.39 is 11.7 Å². The number of carbonyl (C=O) groups excluding carboxylic acids is 2. The van der Waals surface area contributed by atoms with Crippen LogP contribution in [0.1, 0.15) is 57.1 Å². The predicted molar refractivity (Wildman–Crippen MR) is 174 cm³/mol. The Morgan fingerprint density at radius 3 is 2.48 bits per heavy atom. The Morgan fingerprint density at radius 1 is 1.04 bits per heavy atom. The van der Waals surface area contributed by atoms with Gasteiger partial charge in [0.1, 0.15) is 28.6 Å². The standard InChI is InChI=1S/C34H37FN6O4S/c1-21-38-30(20-46-21)33(44)40-26-8-6-25(7-9-26)39-32(43)29-17-24(35)18-37-34(29)45-27-4-2-3-23(16-27)28-10-5-22(15-31(28)42)19-41-13-11-36-12-14-41/h2-5,10,15-18,20,25-26,36,42H,6-9,11-14,19H2,1H3,(H,39,43)(H,40,44)/t25-,26-. The summed E-state index contributed by atoms with van der Waals surface area (Å²) in [5.74, 6) is -0.793. The quantitative estimate of drug-likeness (QED) is 0.200. The Hall–Kier alpha value is -4.39. The number of benzene rings is 2. The summed E-state index contributed by atoms with van der Waals surface area (Å²) < 4.78 is 20.3. The van der Waals surface area contributed by atoms with Gasteiger partial charge in [-0.2, -0.15) is 0 Å². The lowest BCUT2D eigenvalue weighted by atomic mass is 9.91. The highest BCUT2D eigenvalue weighted by Gasteiger charge is 2.26. The molecule has 2 aromatic carbocycles. The summed E-state index contributed by atoms with van der Waals surface area (Å²) in [6.45, 7) is 6.48. The van der Waals surface area contributed by atoms with Crippen molar-refractivity contribution in [2.24, 2.45) is 0 Å². The van der Waals surface area contributed by atoms with Gasteiger partial charge in [0, 0.05) is 55.8 Å². The second-order valence-electron chi connectivity index (χ2n) is 11.8. The highest BCUT2D eigenvalue weighted by Crippen LogP contribution is 2.34. The molecule has 1 aliphatic carbocycles. The molecule has 0 unspecified atom stereocenters. The van der Waals surface area contributed by atoms with Gasteiger partial charge < -0.3 is 25.8 Å². The van der Waals surface area contributed by atoms with Crippen molar-refractivity contribution in [1.82, 2.24) is 30.8 Å². The van der Waals surface area contributed by atoms with Crippen LogP contribution in [0.3, 0.4) is 0 Å². The molecule has 2 aliphatic rings. The number of nitrogens with one attached hydrogen (secondary N) is 3. The van der Waals surface area contributed by atoms with Gasteiger partial charge in [-0.15, -0.1) is 11.3 Å². The van der Waals surface area contributed by atoms with E-state index in [9.17, 15) is 19.1 Å². The largest absolute Gasteiger partial charge is 0.507 e. The molecule has 0 radical (unpaired) electrons. The van der Waals surface area contributed by atoms with Crippen LogP contribution >= 0.6 is 11.3 Å². The van der Waals surface area contributed by atoms with E-state index >= 15 is 0 Å². The van der Waals surface area contributed by atoms with Crippen molar-refractivity contribution in [2.45, 2.75) is 51.2 Å². The van der Waals surface area contributed by atoms with E-state index in [0.29, 0.717) is 42.7 Å². The van der Waals surface area contributed by atoms with Crippen molar-refractivity contribution in [1.29, 1.82) is 0 Å². The molecule has 12 heteroatoms. The molecule has 240 valence electrons. The Labute approximate surface area is 271 Å². The topological polar surface area (TPSA) is 129 Å². The number of hydrogen-bond donors (Lipinski definition) is 4. The number of aryl methyl sites for hydroxylation is 1. The minimum absolute atomic E-state index is 0.00692. The normalized spacial score (nSPS) is 18.6. The first-order chi connectivity index (χ1) is 22.3. The summed E-state index contributed by atoms with van der Waals surface area (Å²) in [7, 11) is 0. The Morgan fingerprint density at radius 2 is 1.78 bits per heavy atom. The van der Waals surface area contributed by atoms with Gasteiger partial charge in [-0.3, -0.25) is 14.5 Å². The number of carbonyl (C=O) groups is 2. The van der Waals surface area contributed by atoms with Crippen LogP contribution in [0.15, 0.2) is 60.1 Å². The molecular formula is C34H37FN6O4S. The maximum Gasteiger partial charge on any atom is 0.270 e. The minimum Gasteiger partial charge on any atom is -0.507 e. The number of aromatic nitrogens is 2. The van der Waals surface area contributed by atoms with Crippen molar-refractivity contribution in [3.05, 3.63) is 87.8 Å². The summed E-state index contributed by atoms with van der Waals surface area (Å²) in [5.41, 5.74) is 2.81. The Balaban J connectivity index is 1.08. The molecule has 4 aromatic rings. The molecule has 0 spiro atoms. The molecule has 46 heavy (non-hydrogen) atoms. The molecule has 2 amide bonds. The zero-order chi connectivity index (χ0) is 32.0. The Bertz CT molecular complexity index is 1700. The van der Waals surface area contributed by atoms with Gasteiger partial charge in [0.2, 0.25) is 5.88 Å². The second kappa shape index (κ2) is 14.4. The van der Waals surface area contributed by atoms with Crippen LogP contribution in [-0.4, -0.2) is 70.1 Å². The van der Waals surface area contributed by atoms with Gasteiger partial charge in [-0.1, -0.05) is 24.3 Å². The summed E-state index contributed by atoms with van der Waals surface area (Å²) in [5, 5.41) is 22.8. The number of ether oxygens (including phenoxy) is 1. The van der Waals surface area contributed by atoms with E-state index in [-0.39, 0.29) is 35.2 Å². The van der Waals surface area contributed by atoms with Crippen LogP contribution < -0.4 is 20.7 Å². The van der Waals surface area contributed by atoms with Gasteiger partial charge in [-0.25, -0.2) is 14.4 Å². The average molecular weight is 645 g/mol. The van der Waals surface area contributed by atoms with E-state index in [1.54, 1.807) is 29.6 Å². The monoisotopic (exact) mass is 644 g/mol. The van der Waals surface area contributed by atoms with Crippen LogP contribution in [0.5, 0.6) is 17.4 Å². The number of amides is 2. The smallest absolute Gasteiger partial charge is 0.270 e. The molecule has 4 N–H and O–H groups in total. The first kappa shape index (κ1) is 31.6. The molecule has 0 atom stereocenters. The van der Waals surface area contributed by atoms with Crippen LogP contribution in [-0.2, 0) is 6.54 Å². The molecule has 6 rings (SSSR count). The molecule has 1 saturated carbocycles. The molecule has 1 aliphatic heterocycles. The number of pyridine rings is 1. The number of thiazole rings is 1. The number of piperazine rings is 1. The molecule has 10 nitrogen and oxygen atoms in total. The summed E-state index contributed by atoms with van der Waals surface area (Å²) in [4.78, 5) is 36.5. The van der Waals surface area contributed by atoms with Gasteiger partial charge in [-0.05, 0) is 68.0 Å². The third kappa shape index (κ3) is 7.87. The average Bonchev–Trinajstić information content (AvgIpc) is 3.50. The number of halogens is 1. The number of aromatic hydroxyl groups is 1. The molecule has 0 bridgehead atoms. The highest BCUT2D eigenvalue weighted by molar-refractivity contribution is 7.09. The zero-order valence-electron chi connectivity index (χ0n) is 25.6. The van der Waals surface area contributed by atoms with E-state index in [4.69, 9.17) is 4.74 Å². The van der Waals surface area contributed by atoms with Gasteiger partial charge >= 0.3 is 0 Å². The Kier molecular flexibility index (Phi) is 9.86. The third-order valence-corrected chi connectivity index (χ3v) is 9.12. The number of phenolic OH excluding ortho intramolecular Hbond substituents is 1. The second-order valence-corrected chi connectivity index (χ2v) is 12.8. The van der Waals surface area contributed by atoms with Crippen molar-refractivity contribution in [2.75, 3.05) is 26.2 Å². The van der Waals surface area contributed by atoms with Gasteiger partial charge in [0.25, 0.3) is 11.8 Å². The van der Waals surface area contributed by atoms with Crippen LogP contribution in [0.4, 0.5) is 4.39 Å². The highest BCUT2D eigenvalue weighted by atomic mass is 32.1. The van der Waals surface area contributed by atoms with Gasteiger partial charge in [0.15, 0.2) is 0 Å². The number of rotatable bonds is 9. The van der Waals surface area contributed by atoms with Crippen molar-refractivity contribution < 1.29 is 23.8 Å². The van der Waals surface area contributed by atoms with Gasteiger partial charge in [0.05, 0.1) is 11.2 Å². The summed E-state index contributed by atoms with van der Waals surface area (Å²) in [6.07, 6.45) is 3.72. The van der Waals surface area contributed by atoms with E-state index in [2.05, 4.69) is 30.8 Å². The SMILES string of the molecule is Cc1nc(C(=O)N[C@H]2CC[C@H](NC(=O)c3cc(F)cnc3Oc3cccc(-c4ccc(CN5CCNCC5)cc4O)c3)CC2)cs1. The number of hydrogen-bond acceptors (Lipinski definition) is 9. The van der Waals surface area contributed by atoms with Crippen LogP contribution in [0, 0.1) is 12.7 Å². The molecular weight excluding hydrogens is 607 g/mol. The van der Waals surface area contributed by atoms with E-state index in [1.807, 2.05) is 25.1 Å². The third-order valence-electron chi connectivity index (χ3n) is 8.35. The lowest BCUT2D eigenvalue weighted by Gasteiger charge is -2.29.